The third-order valence-corrected chi connectivity index (χ3v) is 3.31. The van der Waals surface area contributed by atoms with E-state index in [4.69, 9.17) is 9.47 Å². The van der Waals surface area contributed by atoms with Gasteiger partial charge in [-0.1, -0.05) is 0 Å². The topological polar surface area (TPSA) is 78.3 Å². The molecule has 3 aromatic heterocycles. The minimum absolute atomic E-state index is 0.316. The van der Waals surface area contributed by atoms with E-state index in [2.05, 4.69) is 15.3 Å². The number of fused-ring (bicyclic) bond motifs is 1. The molecule has 0 fully saturated rings. The molecule has 25 heavy (non-hydrogen) atoms. The Balaban J connectivity index is 1.66. The number of hydrogen-bond acceptors (Lipinski definition) is 6. The quantitative estimate of drug-likeness (QED) is 0.725. The molecule has 3 heterocycles. The number of hydrogen-bond donors (Lipinski definition) is 1. The Hall–Kier alpha value is -3.09. The molecule has 0 amide bonds. The highest BCUT2D eigenvalue weighted by Crippen LogP contribution is 2.21. The fourth-order valence-corrected chi connectivity index (χ4v) is 2.25. The Kier molecular flexibility index (Phi) is 4.31. The number of carbonyl (C=O) groups is 1. The van der Waals surface area contributed by atoms with E-state index in [0.717, 1.165) is 16.7 Å². The smallest absolute Gasteiger partial charge is 0.428 e. The summed E-state index contributed by atoms with van der Waals surface area (Å²) in [6.07, 6.45) is 4.41. The van der Waals surface area contributed by atoms with Crippen molar-refractivity contribution in [2.24, 2.45) is 7.05 Å². The first-order valence-electron chi connectivity index (χ1n) is 7.85. The van der Waals surface area contributed by atoms with Crippen LogP contribution in [0.25, 0.3) is 11.0 Å². The van der Waals surface area contributed by atoms with Crippen LogP contribution in [-0.2, 0) is 11.8 Å². The van der Waals surface area contributed by atoms with Crippen LogP contribution >= 0.6 is 0 Å². The highest BCUT2D eigenvalue weighted by molar-refractivity contribution is 5.80. The molecule has 0 atom stereocenters. The third-order valence-electron chi connectivity index (χ3n) is 3.31. The van der Waals surface area contributed by atoms with Crippen LogP contribution in [-0.4, -0.2) is 26.3 Å². The molecule has 1 N–H and O–H groups in total. The zero-order valence-electron chi connectivity index (χ0n) is 14.6. The Labute approximate surface area is 145 Å². The normalized spacial score (nSPS) is 11.4. The molecule has 0 bridgehead atoms. The van der Waals surface area contributed by atoms with Gasteiger partial charge in [-0.2, -0.15) is 0 Å². The number of carbonyl (C=O) groups excluding carboxylic acids is 1. The van der Waals surface area contributed by atoms with Crippen LogP contribution in [0.3, 0.4) is 0 Å². The lowest BCUT2D eigenvalue weighted by Crippen LogP contribution is -2.26. The molecular weight excluding hydrogens is 320 g/mol. The molecule has 130 valence electrons. The van der Waals surface area contributed by atoms with E-state index < -0.39 is 11.8 Å². The van der Waals surface area contributed by atoms with E-state index in [0.29, 0.717) is 11.6 Å². The highest BCUT2D eigenvalue weighted by Gasteiger charge is 2.18. The van der Waals surface area contributed by atoms with Gasteiger partial charge in [0.15, 0.2) is 5.75 Å². The lowest BCUT2D eigenvalue weighted by atomic mass is 10.2. The van der Waals surface area contributed by atoms with Gasteiger partial charge in [-0.05, 0) is 45.0 Å². The number of pyridine rings is 2. The Morgan fingerprint density at radius 2 is 1.96 bits per heavy atom. The van der Waals surface area contributed by atoms with Crippen LogP contribution in [0.1, 0.15) is 20.8 Å². The summed E-state index contributed by atoms with van der Waals surface area (Å²) in [4.78, 5) is 20.3. The van der Waals surface area contributed by atoms with Crippen LogP contribution in [0, 0.1) is 0 Å². The summed E-state index contributed by atoms with van der Waals surface area (Å²) in [5, 5.41) is 4.21. The minimum Gasteiger partial charge on any atom is -0.428 e. The lowest BCUT2D eigenvalue weighted by Gasteiger charge is -2.18. The van der Waals surface area contributed by atoms with E-state index in [1.807, 2.05) is 29.9 Å². The van der Waals surface area contributed by atoms with Gasteiger partial charge in [-0.3, -0.25) is 0 Å². The van der Waals surface area contributed by atoms with Crippen molar-refractivity contribution in [2.75, 3.05) is 5.32 Å². The predicted octanol–water partition coefficient (Wildman–Crippen LogP) is 4.03. The average molecular weight is 340 g/mol. The SMILES string of the molecule is Cn1ccc2cc(Nc3ccc(OC(=O)OC(C)(C)C)cn3)cnc21. The monoisotopic (exact) mass is 340 g/mol. The molecule has 0 radical (unpaired) electrons. The molecule has 3 rings (SSSR count). The molecule has 0 saturated heterocycles. The van der Waals surface area contributed by atoms with Gasteiger partial charge < -0.3 is 19.4 Å². The second-order valence-corrected chi connectivity index (χ2v) is 6.63. The van der Waals surface area contributed by atoms with Gasteiger partial charge in [0.2, 0.25) is 0 Å². The van der Waals surface area contributed by atoms with Crippen molar-refractivity contribution in [3.8, 4) is 5.75 Å². The number of anilines is 2. The lowest BCUT2D eigenvalue weighted by molar-refractivity contribution is 0.0205. The molecule has 0 aliphatic carbocycles. The van der Waals surface area contributed by atoms with Gasteiger partial charge in [0.25, 0.3) is 0 Å². The Bertz CT molecular complexity index is 895. The summed E-state index contributed by atoms with van der Waals surface area (Å²) >= 11 is 0. The van der Waals surface area contributed by atoms with E-state index in [1.54, 1.807) is 39.1 Å². The molecule has 0 aliphatic heterocycles. The van der Waals surface area contributed by atoms with Crippen LogP contribution in [0.4, 0.5) is 16.3 Å². The zero-order chi connectivity index (χ0) is 18.0. The maximum absolute atomic E-state index is 11.6. The maximum Gasteiger partial charge on any atom is 0.514 e. The number of aryl methyl sites for hydroxylation is 1. The molecule has 0 aliphatic rings. The van der Waals surface area contributed by atoms with Crippen molar-refractivity contribution in [3.63, 3.8) is 0 Å². The number of aromatic nitrogens is 3. The number of rotatable bonds is 3. The predicted molar refractivity (Wildman–Crippen MR) is 95.1 cm³/mol. The molecule has 3 aromatic rings. The second-order valence-electron chi connectivity index (χ2n) is 6.63. The van der Waals surface area contributed by atoms with Crippen molar-refractivity contribution in [3.05, 3.63) is 42.9 Å². The highest BCUT2D eigenvalue weighted by atomic mass is 16.7. The van der Waals surface area contributed by atoms with Gasteiger partial charge in [0.05, 0.1) is 18.1 Å². The van der Waals surface area contributed by atoms with Crippen molar-refractivity contribution < 1.29 is 14.3 Å². The third kappa shape index (κ3) is 4.26. The molecule has 0 saturated carbocycles. The molecule has 0 spiro atoms. The van der Waals surface area contributed by atoms with Crippen molar-refractivity contribution in [1.82, 2.24) is 14.5 Å². The summed E-state index contributed by atoms with van der Waals surface area (Å²) in [5.74, 6) is 0.935. The maximum atomic E-state index is 11.6. The van der Waals surface area contributed by atoms with E-state index >= 15 is 0 Å². The Morgan fingerprint density at radius 1 is 1.16 bits per heavy atom. The van der Waals surface area contributed by atoms with Gasteiger partial charge in [0, 0.05) is 18.6 Å². The Morgan fingerprint density at radius 3 is 2.64 bits per heavy atom. The molecule has 0 aromatic carbocycles. The van der Waals surface area contributed by atoms with Gasteiger partial charge in [-0.15, -0.1) is 0 Å². The average Bonchev–Trinajstić information content (AvgIpc) is 2.88. The summed E-state index contributed by atoms with van der Waals surface area (Å²) in [6, 6.07) is 7.36. The summed E-state index contributed by atoms with van der Waals surface area (Å²) in [6.45, 7) is 5.32. The van der Waals surface area contributed by atoms with Crippen LogP contribution in [0.5, 0.6) is 5.75 Å². The fourth-order valence-electron chi connectivity index (χ4n) is 2.25. The van der Waals surface area contributed by atoms with Gasteiger partial charge in [-0.25, -0.2) is 14.8 Å². The number of nitrogens with one attached hydrogen (secondary N) is 1. The molecule has 7 heteroatoms. The van der Waals surface area contributed by atoms with Crippen LogP contribution in [0.2, 0.25) is 0 Å². The molecular formula is C18H20N4O3. The van der Waals surface area contributed by atoms with Gasteiger partial charge >= 0.3 is 6.16 Å². The van der Waals surface area contributed by atoms with Crippen molar-refractivity contribution in [2.45, 2.75) is 26.4 Å². The standard InChI is InChI=1S/C18H20N4O3/c1-18(2,3)25-17(23)24-14-5-6-15(19-11-14)21-13-9-12-7-8-22(4)16(12)20-10-13/h5-11H,1-4H3,(H,19,21). The summed E-state index contributed by atoms with van der Waals surface area (Å²) < 4.78 is 12.1. The summed E-state index contributed by atoms with van der Waals surface area (Å²) in [7, 11) is 1.95. The van der Waals surface area contributed by atoms with E-state index in [-0.39, 0.29) is 0 Å². The first-order valence-corrected chi connectivity index (χ1v) is 7.85. The number of nitrogens with zero attached hydrogens (tertiary/aromatic N) is 3. The second kappa shape index (κ2) is 6.43. The zero-order valence-corrected chi connectivity index (χ0v) is 14.6. The van der Waals surface area contributed by atoms with Crippen LogP contribution in [0.15, 0.2) is 42.9 Å². The first kappa shape index (κ1) is 16.8. The minimum atomic E-state index is -0.756. The van der Waals surface area contributed by atoms with Crippen LogP contribution < -0.4 is 10.1 Å². The van der Waals surface area contributed by atoms with Gasteiger partial charge in [0.1, 0.15) is 17.1 Å². The fraction of sp³-hybridized carbons (Fsp3) is 0.278. The summed E-state index contributed by atoms with van der Waals surface area (Å²) in [5.41, 5.74) is 1.14. The molecule has 7 nitrogen and oxygen atoms in total. The van der Waals surface area contributed by atoms with E-state index in [1.165, 1.54) is 6.20 Å². The van der Waals surface area contributed by atoms with Crippen molar-refractivity contribution >= 4 is 28.7 Å². The molecule has 0 unspecified atom stereocenters. The van der Waals surface area contributed by atoms with E-state index in [9.17, 15) is 4.79 Å². The largest absolute Gasteiger partial charge is 0.514 e. The first-order chi connectivity index (χ1) is 11.8. The number of ether oxygens (including phenoxy) is 2. The van der Waals surface area contributed by atoms with Crippen molar-refractivity contribution in [1.29, 1.82) is 0 Å².